The van der Waals surface area contributed by atoms with E-state index in [9.17, 15) is 4.79 Å². The lowest BCUT2D eigenvalue weighted by atomic mass is 9.78. The molecular weight excluding hydrogens is 316 g/mol. The molecule has 0 atom stereocenters. The summed E-state index contributed by atoms with van der Waals surface area (Å²) in [6.45, 7) is 2.25. The van der Waals surface area contributed by atoms with Gasteiger partial charge in [-0.3, -0.25) is 4.79 Å². The first-order valence-electron chi connectivity index (χ1n) is 7.49. The summed E-state index contributed by atoms with van der Waals surface area (Å²) in [5, 5.41) is 0. The fourth-order valence-corrected chi connectivity index (χ4v) is 3.52. The van der Waals surface area contributed by atoms with E-state index < -0.39 is 0 Å². The Labute approximate surface area is 130 Å². The minimum Gasteiger partial charge on any atom is -0.496 e. The number of ketones is 1. The first-order valence-corrected chi connectivity index (χ1v) is 8.28. The van der Waals surface area contributed by atoms with E-state index in [0.29, 0.717) is 12.2 Å². The average molecular weight is 339 g/mol. The average Bonchev–Trinajstić information content (AvgIpc) is 2.47. The molecule has 0 aliphatic heterocycles. The quantitative estimate of drug-likeness (QED) is 0.771. The van der Waals surface area contributed by atoms with Crippen molar-refractivity contribution in [1.29, 1.82) is 0 Å². The number of ether oxygens (including phenoxy) is 1. The van der Waals surface area contributed by atoms with Gasteiger partial charge in [-0.1, -0.05) is 29.3 Å². The first-order chi connectivity index (χ1) is 9.63. The summed E-state index contributed by atoms with van der Waals surface area (Å²) < 4.78 is 6.35. The van der Waals surface area contributed by atoms with Gasteiger partial charge in [0.05, 0.1) is 7.11 Å². The minimum absolute atomic E-state index is 0.251. The number of halogens is 1. The molecule has 0 unspecified atom stereocenters. The highest BCUT2D eigenvalue weighted by atomic mass is 79.9. The molecule has 1 aliphatic carbocycles. The zero-order chi connectivity index (χ0) is 14.5. The molecule has 1 aliphatic rings. The van der Waals surface area contributed by atoms with E-state index in [0.717, 1.165) is 34.5 Å². The molecule has 1 aromatic rings. The monoisotopic (exact) mass is 338 g/mol. The molecule has 0 bridgehead atoms. The number of carbonyl (C=O) groups is 1. The second-order valence-corrected chi connectivity index (χ2v) is 6.64. The van der Waals surface area contributed by atoms with E-state index in [1.54, 1.807) is 7.11 Å². The highest BCUT2D eigenvalue weighted by molar-refractivity contribution is 9.10. The third kappa shape index (κ3) is 3.85. The van der Waals surface area contributed by atoms with Crippen molar-refractivity contribution in [3.63, 3.8) is 0 Å². The van der Waals surface area contributed by atoms with E-state index in [1.165, 1.54) is 19.3 Å². The van der Waals surface area contributed by atoms with Crippen molar-refractivity contribution in [2.75, 3.05) is 7.11 Å². The number of hydrogen-bond acceptors (Lipinski definition) is 2. The number of hydrogen-bond donors (Lipinski definition) is 0. The second-order valence-electron chi connectivity index (χ2n) is 5.73. The fraction of sp³-hybridized carbons (Fsp3) is 0.588. The Morgan fingerprint density at radius 1 is 1.30 bits per heavy atom. The van der Waals surface area contributed by atoms with E-state index in [-0.39, 0.29) is 5.92 Å². The van der Waals surface area contributed by atoms with Crippen LogP contribution in [0.4, 0.5) is 0 Å². The van der Waals surface area contributed by atoms with Crippen molar-refractivity contribution in [2.45, 2.75) is 45.4 Å². The van der Waals surface area contributed by atoms with Gasteiger partial charge in [-0.2, -0.15) is 0 Å². The van der Waals surface area contributed by atoms with E-state index in [1.807, 2.05) is 18.2 Å². The third-order valence-corrected chi connectivity index (χ3v) is 4.98. The summed E-state index contributed by atoms with van der Waals surface area (Å²) in [7, 11) is 1.66. The normalized spacial score (nSPS) is 22.6. The highest BCUT2D eigenvalue weighted by Crippen LogP contribution is 2.32. The number of methoxy groups -OCH3 is 1. The summed E-state index contributed by atoms with van der Waals surface area (Å²) in [6, 6.07) is 5.86. The maximum atomic E-state index is 12.5. The lowest BCUT2D eigenvalue weighted by Gasteiger charge is -2.27. The topological polar surface area (TPSA) is 26.3 Å². The van der Waals surface area contributed by atoms with Crippen molar-refractivity contribution < 1.29 is 9.53 Å². The lowest BCUT2D eigenvalue weighted by Crippen LogP contribution is -2.23. The van der Waals surface area contributed by atoms with Crippen LogP contribution in [0.2, 0.25) is 0 Å². The van der Waals surface area contributed by atoms with Gasteiger partial charge in [0.15, 0.2) is 0 Å². The van der Waals surface area contributed by atoms with Gasteiger partial charge in [0.1, 0.15) is 11.5 Å². The molecule has 0 spiro atoms. The van der Waals surface area contributed by atoms with Gasteiger partial charge in [-0.15, -0.1) is 0 Å². The molecule has 3 heteroatoms. The first kappa shape index (κ1) is 15.6. The largest absolute Gasteiger partial charge is 0.496 e. The van der Waals surface area contributed by atoms with Crippen LogP contribution in [-0.2, 0) is 11.2 Å². The van der Waals surface area contributed by atoms with Gasteiger partial charge in [0.25, 0.3) is 0 Å². The maximum Gasteiger partial charge on any atom is 0.140 e. The molecular formula is C17H23BrO2. The molecule has 20 heavy (non-hydrogen) atoms. The predicted octanol–water partition coefficient (Wildman–Crippen LogP) is 4.79. The number of rotatable bonds is 5. The molecule has 0 amide bonds. The molecule has 110 valence electrons. The Morgan fingerprint density at radius 3 is 2.60 bits per heavy atom. The fourth-order valence-electron chi connectivity index (χ4n) is 3.11. The van der Waals surface area contributed by atoms with Crippen molar-refractivity contribution in [1.82, 2.24) is 0 Å². The third-order valence-electron chi connectivity index (χ3n) is 4.49. The summed E-state index contributed by atoms with van der Waals surface area (Å²) in [5.74, 6) is 2.26. The maximum absolute atomic E-state index is 12.5. The molecule has 1 saturated carbocycles. The van der Waals surface area contributed by atoms with E-state index in [4.69, 9.17) is 4.74 Å². The SMILES string of the molecule is CCC1CCC(C(=O)Cc2cc(Br)ccc2OC)CC1. The summed E-state index contributed by atoms with van der Waals surface area (Å²) in [4.78, 5) is 12.5. The molecule has 0 N–H and O–H groups in total. The van der Waals surface area contributed by atoms with Crippen LogP contribution in [0.5, 0.6) is 5.75 Å². The number of Topliss-reactive ketones (excluding diaryl/α,β-unsaturated/α-hetero) is 1. The molecule has 1 fully saturated rings. The smallest absolute Gasteiger partial charge is 0.140 e. The Hall–Kier alpha value is -0.830. The molecule has 0 saturated heterocycles. The van der Waals surface area contributed by atoms with Crippen LogP contribution in [0.3, 0.4) is 0 Å². The molecule has 0 aromatic heterocycles. The van der Waals surface area contributed by atoms with Crippen molar-refractivity contribution in [2.24, 2.45) is 11.8 Å². The number of carbonyl (C=O) groups excluding carboxylic acids is 1. The second kappa shape index (κ2) is 7.26. The van der Waals surface area contributed by atoms with Crippen LogP contribution in [0.15, 0.2) is 22.7 Å². The summed E-state index contributed by atoms with van der Waals surface area (Å²) in [6.07, 6.45) is 6.29. The van der Waals surface area contributed by atoms with Crippen LogP contribution in [0, 0.1) is 11.8 Å². The summed E-state index contributed by atoms with van der Waals surface area (Å²) >= 11 is 3.46. The summed E-state index contributed by atoms with van der Waals surface area (Å²) in [5.41, 5.74) is 0.990. The Balaban J connectivity index is 1.99. The molecule has 1 aromatic carbocycles. The van der Waals surface area contributed by atoms with E-state index in [2.05, 4.69) is 22.9 Å². The van der Waals surface area contributed by atoms with Crippen LogP contribution in [0.1, 0.15) is 44.6 Å². The van der Waals surface area contributed by atoms with Crippen molar-refractivity contribution in [3.05, 3.63) is 28.2 Å². The van der Waals surface area contributed by atoms with Gasteiger partial charge >= 0.3 is 0 Å². The predicted molar refractivity (Wildman–Crippen MR) is 85.1 cm³/mol. The van der Waals surface area contributed by atoms with Crippen LogP contribution < -0.4 is 4.74 Å². The van der Waals surface area contributed by atoms with Gasteiger partial charge < -0.3 is 4.74 Å². The van der Waals surface area contributed by atoms with Gasteiger partial charge in [-0.05, 0) is 49.8 Å². The van der Waals surface area contributed by atoms with Crippen LogP contribution in [-0.4, -0.2) is 12.9 Å². The van der Waals surface area contributed by atoms with Gasteiger partial charge in [-0.25, -0.2) is 0 Å². The van der Waals surface area contributed by atoms with Gasteiger partial charge in [0.2, 0.25) is 0 Å². The van der Waals surface area contributed by atoms with Crippen molar-refractivity contribution in [3.8, 4) is 5.75 Å². The van der Waals surface area contributed by atoms with Gasteiger partial charge in [0, 0.05) is 22.4 Å². The van der Waals surface area contributed by atoms with Crippen LogP contribution in [0.25, 0.3) is 0 Å². The highest BCUT2D eigenvalue weighted by Gasteiger charge is 2.25. The Morgan fingerprint density at radius 2 is 2.00 bits per heavy atom. The Kier molecular flexibility index (Phi) is 5.64. The Bertz CT molecular complexity index is 462. The van der Waals surface area contributed by atoms with E-state index >= 15 is 0 Å². The van der Waals surface area contributed by atoms with Crippen LogP contribution >= 0.6 is 15.9 Å². The molecule has 0 radical (unpaired) electrons. The molecule has 2 rings (SSSR count). The zero-order valence-electron chi connectivity index (χ0n) is 12.3. The van der Waals surface area contributed by atoms with Crippen molar-refractivity contribution >= 4 is 21.7 Å². The standard InChI is InChI=1S/C17H23BrO2/c1-3-12-4-6-13(7-5-12)16(19)11-14-10-15(18)8-9-17(14)20-2/h8-10,12-13H,3-7,11H2,1-2H3. The molecule has 2 nitrogen and oxygen atoms in total. The number of benzene rings is 1. The lowest BCUT2D eigenvalue weighted by molar-refractivity contribution is -0.123. The minimum atomic E-state index is 0.251. The zero-order valence-corrected chi connectivity index (χ0v) is 13.9. The molecule has 0 heterocycles.